The van der Waals surface area contributed by atoms with E-state index >= 15 is 0 Å². The molecule has 2 aromatic rings. The van der Waals surface area contributed by atoms with Gasteiger partial charge in [-0.2, -0.15) is 0 Å². The second kappa shape index (κ2) is 7.92. The molecule has 1 aromatic carbocycles. The first-order valence-corrected chi connectivity index (χ1v) is 8.53. The predicted molar refractivity (Wildman–Crippen MR) is 94.6 cm³/mol. The van der Waals surface area contributed by atoms with E-state index in [1.165, 1.54) is 0 Å². The summed E-state index contributed by atoms with van der Waals surface area (Å²) in [6, 6.07) is 10.8. The number of nitrogens with zero attached hydrogens (tertiary/aromatic N) is 2. The number of hydrogen-bond donors (Lipinski definition) is 0. The highest BCUT2D eigenvalue weighted by Crippen LogP contribution is 2.23. The third-order valence-corrected chi connectivity index (χ3v) is 4.61. The zero-order valence-electron chi connectivity index (χ0n) is 14.4. The number of pyridine rings is 1. The third-order valence-electron chi connectivity index (χ3n) is 4.61. The van der Waals surface area contributed by atoms with Crippen LogP contribution in [-0.4, -0.2) is 41.3 Å². The van der Waals surface area contributed by atoms with Crippen molar-refractivity contribution in [3.8, 4) is 5.75 Å². The molecule has 1 aliphatic rings. The number of ether oxygens (including phenoxy) is 1. The lowest BCUT2D eigenvalue weighted by Gasteiger charge is -2.24. The largest absolute Gasteiger partial charge is 0.497 e. The van der Waals surface area contributed by atoms with Gasteiger partial charge in [0.15, 0.2) is 5.78 Å². The summed E-state index contributed by atoms with van der Waals surface area (Å²) in [5.74, 6) is 0.859. The first-order valence-electron chi connectivity index (χ1n) is 8.53. The summed E-state index contributed by atoms with van der Waals surface area (Å²) in [5.41, 5.74) is 1.56. The van der Waals surface area contributed by atoms with Crippen molar-refractivity contribution in [1.82, 2.24) is 9.88 Å². The van der Waals surface area contributed by atoms with Gasteiger partial charge in [-0.15, -0.1) is 0 Å². The summed E-state index contributed by atoms with van der Waals surface area (Å²) in [6.07, 6.45) is 5.93. The van der Waals surface area contributed by atoms with Crippen LogP contribution >= 0.6 is 0 Å². The van der Waals surface area contributed by atoms with Crippen molar-refractivity contribution in [2.75, 3.05) is 13.7 Å². The van der Waals surface area contributed by atoms with Gasteiger partial charge in [0.2, 0.25) is 5.91 Å². The maximum atomic E-state index is 12.6. The predicted octanol–water partition coefficient (Wildman–Crippen LogP) is 2.90. The second-order valence-electron chi connectivity index (χ2n) is 6.28. The minimum atomic E-state index is -0.0150. The molecule has 1 saturated heterocycles. The smallest absolute Gasteiger partial charge is 0.227 e. The lowest BCUT2D eigenvalue weighted by molar-refractivity contribution is -0.131. The molecule has 0 spiro atoms. The minimum Gasteiger partial charge on any atom is -0.497 e. The summed E-state index contributed by atoms with van der Waals surface area (Å²) in [5, 5.41) is 0. The highest BCUT2D eigenvalue weighted by molar-refractivity contribution is 5.97. The third kappa shape index (κ3) is 4.24. The van der Waals surface area contributed by atoms with Crippen LogP contribution in [0.25, 0.3) is 0 Å². The maximum Gasteiger partial charge on any atom is 0.227 e. The van der Waals surface area contributed by atoms with Crippen molar-refractivity contribution in [3.05, 3.63) is 59.9 Å². The second-order valence-corrected chi connectivity index (χ2v) is 6.28. The molecule has 25 heavy (non-hydrogen) atoms. The van der Waals surface area contributed by atoms with Crippen LogP contribution < -0.4 is 4.74 Å². The van der Waals surface area contributed by atoms with E-state index in [-0.39, 0.29) is 17.7 Å². The Hall–Kier alpha value is -2.69. The number of benzene rings is 1. The molecule has 1 amide bonds. The van der Waals surface area contributed by atoms with Gasteiger partial charge in [-0.3, -0.25) is 14.6 Å². The van der Waals surface area contributed by atoms with Crippen LogP contribution in [0.5, 0.6) is 5.75 Å². The van der Waals surface area contributed by atoms with Gasteiger partial charge in [-0.1, -0.05) is 6.07 Å². The fraction of sp³-hybridized carbons (Fsp3) is 0.350. The Kier molecular flexibility index (Phi) is 5.43. The summed E-state index contributed by atoms with van der Waals surface area (Å²) in [6.45, 7) is 0.722. The van der Waals surface area contributed by atoms with Gasteiger partial charge in [-0.05, 0) is 48.7 Å². The van der Waals surface area contributed by atoms with Crippen molar-refractivity contribution in [2.24, 2.45) is 0 Å². The van der Waals surface area contributed by atoms with Crippen molar-refractivity contribution in [3.63, 3.8) is 0 Å². The molecule has 2 heterocycles. The van der Waals surface area contributed by atoms with Gasteiger partial charge in [0.05, 0.1) is 13.5 Å². The number of methoxy groups -OCH3 is 1. The standard InChI is InChI=1S/C20H22N2O3/c1-25-18-8-6-16(7-9-18)19(23)13-17-5-3-11-22(17)20(24)12-15-4-2-10-21-14-15/h2,4,6-10,14,17H,3,5,11-13H2,1H3/t17-/m0/s1. The zero-order chi connectivity index (χ0) is 17.6. The molecule has 1 atom stereocenters. The minimum absolute atomic E-state index is 0.0150. The molecule has 1 fully saturated rings. The van der Waals surface area contributed by atoms with Crippen molar-refractivity contribution in [1.29, 1.82) is 0 Å². The topological polar surface area (TPSA) is 59.5 Å². The number of ketones is 1. The van der Waals surface area contributed by atoms with E-state index in [9.17, 15) is 9.59 Å². The van der Waals surface area contributed by atoms with E-state index in [1.54, 1.807) is 43.8 Å². The van der Waals surface area contributed by atoms with Crippen LogP contribution in [0.4, 0.5) is 0 Å². The fourth-order valence-corrected chi connectivity index (χ4v) is 3.26. The molecule has 5 nitrogen and oxygen atoms in total. The molecular formula is C20H22N2O3. The zero-order valence-corrected chi connectivity index (χ0v) is 14.4. The molecule has 0 radical (unpaired) electrons. The van der Waals surface area contributed by atoms with Crippen molar-refractivity contribution >= 4 is 11.7 Å². The monoisotopic (exact) mass is 338 g/mol. The molecule has 0 N–H and O–H groups in total. The van der Waals surface area contributed by atoms with Crippen LogP contribution in [0.15, 0.2) is 48.8 Å². The van der Waals surface area contributed by atoms with E-state index in [0.717, 1.165) is 30.7 Å². The van der Waals surface area contributed by atoms with Crippen LogP contribution in [-0.2, 0) is 11.2 Å². The number of Topliss-reactive ketones (excluding diaryl/α,β-unsaturated/α-hetero) is 1. The molecular weight excluding hydrogens is 316 g/mol. The molecule has 0 bridgehead atoms. The van der Waals surface area contributed by atoms with Gasteiger partial charge in [-0.25, -0.2) is 0 Å². The van der Waals surface area contributed by atoms with Gasteiger partial charge >= 0.3 is 0 Å². The van der Waals surface area contributed by atoms with Crippen LogP contribution in [0.1, 0.15) is 35.2 Å². The number of carbonyl (C=O) groups is 2. The number of carbonyl (C=O) groups excluding carboxylic acids is 2. The van der Waals surface area contributed by atoms with E-state index in [0.29, 0.717) is 18.4 Å². The Morgan fingerprint density at radius 3 is 2.72 bits per heavy atom. The Balaban J connectivity index is 1.62. The maximum absolute atomic E-state index is 12.6. The number of likely N-dealkylation sites (tertiary alicyclic amines) is 1. The molecule has 5 heteroatoms. The van der Waals surface area contributed by atoms with Gasteiger partial charge < -0.3 is 9.64 Å². The van der Waals surface area contributed by atoms with Gasteiger partial charge in [0.1, 0.15) is 5.75 Å². The van der Waals surface area contributed by atoms with Crippen LogP contribution in [0.2, 0.25) is 0 Å². The lowest BCUT2D eigenvalue weighted by atomic mass is 10.0. The van der Waals surface area contributed by atoms with E-state index in [4.69, 9.17) is 4.74 Å². The highest BCUT2D eigenvalue weighted by Gasteiger charge is 2.30. The molecule has 130 valence electrons. The van der Waals surface area contributed by atoms with E-state index < -0.39 is 0 Å². The highest BCUT2D eigenvalue weighted by atomic mass is 16.5. The Bertz CT molecular complexity index is 728. The number of aromatic nitrogens is 1. The van der Waals surface area contributed by atoms with Crippen molar-refractivity contribution < 1.29 is 14.3 Å². The van der Waals surface area contributed by atoms with Crippen LogP contribution in [0, 0.1) is 0 Å². The molecule has 3 rings (SSSR count). The summed E-state index contributed by atoms with van der Waals surface area (Å²) in [7, 11) is 1.60. The quantitative estimate of drug-likeness (QED) is 0.760. The summed E-state index contributed by atoms with van der Waals surface area (Å²) >= 11 is 0. The number of hydrogen-bond acceptors (Lipinski definition) is 4. The lowest BCUT2D eigenvalue weighted by Crippen LogP contribution is -2.37. The Morgan fingerprint density at radius 2 is 2.04 bits per heavy atom. The van der Waals surface area contributed by atoms with Gasteiger partial charge in [0, 0.05) is 37.0 Å². The molecule has 0 saturated carbocycles. The van der Waals surface area contributed by atoms with E-state index in [1.807, 2.05) is 17.0 Å². The average molecular weight is 338 g/mol. The number of rotatable bonds is 6. The Morgan fingerprint density at radius 1 is 1.24 bits per heavy atom. The molecule has 0 unspecified atom stereocenters. The normalized spacial score (nSPS) is 16.7. The Labute approximate surface area is 147 Å². The molecule has 1 aromatic heterocycles. The number of amides is 1. The summed E-state index contributed by atoms with van der Waals surface area (Å²) < 4.78 is 5.12. The SMILES string of the molecule is COc1ccc(C(=O)C[C@@H]2CCCN2C(=O)Cc2cccnc2)cc1. The van der Waals surface area contributed by atoms with Crippen LogP contribution in [0.3, 0.4) is 0 Å². The molecule has 0 aliphatic carbocycles. The van der Waals surface area contributed by atoms with E-state index in [2.05, 4.69) is 4.98 Å². The summed E-state index contributed by atoms with van der Waals surface area (Å²) in [4.78, 5) is 31.0. The fourth-order valence-electron chi connectivity index (χ4n) is 3.26. The average Bonchev–Trinajstić information content (AvgIpc) is 3.11. The van der Waals surface area contributed by atoms with Crippen molar-refractivity contribution in [2.45, 2.75) is 31.7 Å². The molecule has 1 aliphatic heterocycles. The first-order chi connectivity index (χ1) is 12.2. The van der Waals surface area contributed by atoms with Gasteiger partial charge in [0.25, 0.3) is 0 Å². The first kappa shape index (κ1) is 17.1.